The van der Waals surface area contributed by atoms with Crippen molar-refractivity contribution in [2.45, 2.75) is 26.3 Å². The number of carboxylic acids is 1. The molecule has 1 amide bonds. The number of carbonyl (C=O) groups is 2. The van der Waals surface area contributed by atoms with Crippen molar-refractivity contribution in [1.82, 2.24) is 0 Å². The smallest absolute Gasteiger partial charge is 0.335 e. The van der Waals surface area contributed by atoms with E-state index < -0.39 is 12.0 Å². The van der Waals surface area contributed by atoms with Crippen LogP contribution in [-0.2, 0) is 4.79 Å². The Morgan fingerprint density at radius 3 is 2.28 bits per heavy atom. The highest BCUT2D eigenvalue weighted by molar-refractivity contribution is 5.95. The number of carboxylic acid groups (broad SMARTS) is 1. The van der Waals surface area contributed by atoms with Gasteiger partial charge >= 0.3 is 5.97 Å². The molecule has 1 aromatic rings. The Balaban J connectivity index is 2.62. The second-order valence-electron chi connectivity index (χ2n) is 4.61. The summed E-state index contributed by atoms with van der Waals surface area (Å²) in [5, 5.41) is 11.4. The molecule has 5 nitrogen and oxygen atoms in total. The lowest BCUT2D eigenvalue weighted by Gasteiger charge is -2.14. The molecule has 1 aromatic carbocycles. The van der Waals surface area contributed by atoms with Crippen LogP contribution in [0.25, 0.3) is 0 Å². The van der Waals surface area contributed by atoms with E-state index >= 15 is 0 Å². The van der Waals surface area contributed by atoms with Crippen molar-refractivity contribution >= 4 is 17.6 Å². The number of nitrogens with one attached hydrogen (secondary N) is 1. The SMILES string of the molecule is CC(C)C[C@H](N)C(=O)Nc1ccc(C(=O)O)cc1. The number of rotatable bonds is 5. The van der Waals surface area contributed by atoms with Gasteiger partial charge in [-0.1, -0.05) is 13.8 Å². The molecule has 0 heterocycles. The fraction of sp³-hybridized carbons (Fsp3) is 0.385. The van der Waals surface area contributed by atoms with Crippen molar-refractivity contribution in [2.24, 2.45) is 11.7 Å². The van der Waals surface area contributed by atoms with Gasteiger partial charge in [-0.15, -0.1) is 0 Å². The number of amides is 1. The summed E-state index contributed by atoms with van der Waals surface area (Å²) in [6.07, 6.45) is 0.610. The number of nitrogens with two attached hydrogens (primary N) is 1. The van der Waals surface area contributed by atoms with E-state index in [4.69, 9.17) is 10.8 Å². The molecular weight excluding hydrogens is 232 g/mol. The Morgan fingerprint density at radius 2 is 1.83 bits per heavy atom. The van der Waals surface area contributed by atoms with Crippen LogP contribution in [0.2, 0.25) is 0 Å². The standard InChI is InChI=1S/C13H18N2O3/c1-8(2)7-11(14)12(16)15-10-5-3-9(4-6-10)13(17)18/h3-6,8,11H,7,14H2,1-2H3,(H,15,16)(H,17,18)/t11-/m0/s1. The van der Waals surface area contributed by atoms with Crippen LogP contribution in [0.5, 0.6) is 0 Å². The van der Waals surface area contributed by atoms with Crippen molar-refractivity contribution in [3.05, 3.63) is 29.8 Å². The van der Waals surface area contributed by atoms with Crippen LogP contribution in [0.3, 0.4) is 0 Å². The molecule has 0 fully saturated rings. The van der Waals surface area contributed by atoms with Gasteiger partial charge in [0, 0.05) is 5.69 Å². The minimum atomic E-state index is -0.996. The van der Waals surface area contributed by atoms with Crippen molar-refractivity contribution in [3.63, 3.8) is 0 Å². The van der Waals surface area contributed by atoms with Crippen LogP contribution in [0, 0.1) is 5.92 Å². The molecular formula is C13H18N2O3. The van der Waals surface area contributed by atoms with Crippen molar-refractivity contribution in [2.75, 3.05) is 5.32 Å². The average Bonchev–Trinajstić information content (AvgIpc) is 2.28. The minimum absolute atomic E-state index is 0.180. The molecule has 5 heteroatoms. The average molecular weight is 250 g/mol. The molecule has 0 radical (unpaired) electrons. The molecule has 1 rings (SSSR count). The monoisotopic (exact) mass is 250 g/mol. The summed E-state index contributed by atoms with van der Waals surface area (Å²) in [5.74, 6) is -0.906. The van der Waals surface area contributed by atoms with E-state index in [1.54, 1.807) is 12.1 Å². The summed E-state index contributed by atoms with van der Waals surface area (Å²) in [6.45, 7) is 3.99. The Hall–Kier alpha value is -1.88. The maximum atomic E-state index is 11.7. The fourth-order valence-corrected chi connectivity index (χ4v) is 1.55. The minimum Gasteiger partial charge on any atom is -0.478 e. The van der Waals surface area contributed by atoms with Crippen LogP contribution in [0.1, 0.15) is 30.6 Å². The second kappa shape index (κ2) is 6.16. The van der Waals surface area contributed by atoms with E-state index in [-0.39, 0.29) is 11.5 Å². The van der Waals surface area contributed by atoms with Gasteiger partial charge in [-0.05, 0) is 36.6 Å². The molecule has 4 N–H and O–H groups in total. The van der Waals surface area contributed by atoms with E-state index in [9.17, 15) is 9.59 Å². The van der Waals surface area contributed by atoms with Gasteiger partial charge in [-0.2, -0.15) is 0 Å². The van der Waals surface area contributed by atoms with Crippen molar-refractivity contribution in [3.8, 4) is 0 Å². The van der Waals surface area contributed by atoms with E-state index in [0.29, 0.717) is 18.0 Å². The molecule has 0 spiro atoms. The Kier molecular flexibility index (Phi) is 4.85. The largest absolute Gasteiger partial charge is 0.478 e. The highest BCUT2D eigenvalue weighted by Crippen LogP contribution is 2.11. The lowest BCUT2D eigenvalue weighted by Crippen LogP contribution is -2.36. The molecule has 0 aromatic heterocycles. The molecule has 0 bridgehead atoms. The van der Waals surface area contributed by atoms with Gasteiger partial charge < -0.3 is 16.2 Å². The highest BCUT2D eigenvalue weighted by atomic mass is 16.4. The topological polar surface area (TPSA) is 92.4 Å². The zero-order chi connectivity index (χ0) is 13.7. The summed E-state index contributed by atoms with van der Waals surface area (Å²) < 4.78 is 0. The highest BCUT2D eigenvalue weighted by Gasteiger charge is 2.15. The third kappa shape index (κ3) is 4.18. The first kappa shape index (κ1) is 14.2. The van der Waals surface area contributed by atoms with Gasteiger partial charge in [-0.3, -0.25) is 4.79 Å². The number of hydrogen-bond donors (Lipinski definition) is 3. The molecule has 0 aliphatic carbocycles. The van der Waals surface area contributed by atoms with Gasteiger partial charge in [0.1, 0.15) is 0 Å². The number of benzene rings is 1. The first-order valence-corrected chi connectivity index (χ1v) is 5.80. The predicted octanol–water partition coefficient (Wildman–Crippen LogP) is 1.70. The maximum Gasteiger partial charge on any atom is 0.335 e. The Morgan fingerprint density at radius 1 is 1.28 bits per heavy atom. The Labute approximate surface area is 106 Å². The first-order valence-electron chi connectivity index (χ1n) is 5.80. The van der Waals surface area contributed by atoms with Gasteiger partial charge in [-0.25, -0.2) is 4.79 Å². The molecule has 18 heavy (non-hydrogen) atoms. The summed E-state index contributed by atoms with van der Waals surface area (Å²) in [4.78, 5) is 22.4. The molecule has 0 saturated carbocycles. The van der Waals surface area contributed by atoms with Crippen LogP contribution in [-0.4, -0.2) is 23.0 Å². The van der Waals surface area contributed by atoms with Gasteiger partial charge in [0.05, 0.1) is 11.6 Å². The summed E-state index contributed by atoms with van der Waals surface area (Å²) >= 11 is 0. The number of carbonyl (C=O) groups excluding carboxylic acids is 1. The molecule has 1 atom stereocenters. The summed E-state index contributed by atoms with van der Waals surface area (Å²) in [6, 6.07) is 5.41. The molecule has 0 unspecified atom stereocenters. The van der Waals surface area contributed by atoms with E-state index in [1.807, 2.05) is 13.8 Å². The van der Waals surface area contributed by atoms with Crippen molar-refractivity contribution < 1.29 is 14.7 Å². The second-order valence-corrected chi connectivity index (χ2v) is 4.61. The lowest BCUT2D eigenvalue weighted by atomic mass is 10.0. The Bertz CT molecular complexity index is 426. The molecule has 0 saturated heterocycles. The summed E-state index contributed by atoms with van der Waals surface area (Å²) in [7, 11) is 0. The zero-order valence-electron chi connectivity index (χ0n) is 10.5. The molecule has 0 aliphatic heterocycles. The van der Waals surface area contributed by atoms with E-state index in [2.05, 4.69) is 5.32 Å². The third-order valence-electron chi connectivity index (χ3n) is 2.46. The van der Waals surface area contributed by atoms with Crippen LogP contribution in [0.4, 0.5) is 5.69 Å². The van der Waals surface area contributed by atoms with E-state index in [0.717, 1.165) is 0 Å². The van der Waals surface area contributed by atoms with Crippen LogP contribution >= 0.6 is 0 Å². The first-order chi connectivity index (χ1) is 8.40. The quantitative estimate of drug-likeness (QED) is 0.741. The van der Waals surface area contributed by atoms with Crippen molar-refractivity contribution in [1.29, 1.82) is 0 Å². The number of anilines is 1. The summed E-state index contributed by atoms with van der Waals surface area (Å²) in [5.41, 5.74) is 6.46. The van der Waals surface area contributed by atoms with E-state index in [1.165, 1.54) is 12.1 Å². The van der Waals surface area contributed by atoms with Gasteiger partial charge in [0.25, 0.3) is 0 Å². The third-order valence-corrected chi connectivity index (χ3v) is 2.46. The normalized spacial score (nSPS) is 12.2. The molecule has 0 aliphatic rings. The predicted molar refractivity (Wildman–Crippen MR) is 69.5 cm³/mol. The lowest BCUT2D eigenvalue weighted by molar-refractivity contribution is -0.117. The molecule has 98 valence electrons. The number of aromatic carboxylic acids is 1. The fourth-order valence-electron chi connectivity index (χ4n) is 1.55. The maximum absolute atomic E-state index is 11.7. The van der Waals surface area contributed by atoms with Gasteiger partial charge in [0.15, 0.2) is 0 Å². The zero-order valence-corrected chi connectivity index (χ0v) is 10.5. The van der Waals surface area contributed by atoms with Crippen LogP contribution in [0.15, 0.2) is 24.3 Å². The number of hydrogen-bond acceptors (Lipinski definition) is 3. The van der Waals surface area contributed by atoms with Crippen LogP contribution < -0.4 is 11.1 Å². The van der Waals surface area contributed by atoms with Gasteiger partial charge in [0.2, 0.25) is 5.91 Å².